The average molecular weight is 427 g/mol. The van der Waals surface area contributed by atoms with Crippen LogP contribution >= 0.6 is 0 Å². The van der Waals surface area contributed by atoms with Gasteiger partial charge in [-0.15, -0.1) is 0 Å². The number of carboxylic acid groups (broad SMARTS) is 1. The summed E-state index contributed by atoms with van der Waals surface area (Å²) in [6, 6.07) is 26.9. The second-order valence-corrected chi connectivity index (χ2v) is 8.47. The minimum absolute atomic E-state index is 0.273. The van der Waals surface area contributed by atoms with Crippen LogP contribution in [0.1, 0.15) is 46.1 Å². The van der Waals surface area contributed by atoms with Crippen LogP contribution in [0.25, 0.3) is 10.9 Å². The summed E-state index contributed by atoms with van der Waals surface area (Å²) < 4.78 is 1.95. The third-order valence-electron chi connectivity index (χ3n) is 6.20. The molecule has 0 saturated heterocycles. The number of aromatic carboxylic acids is 1. The van der Waals surface area contributed by atoms with Crippen molar-refractivity contribution in [3.05, 3.63) is 107 Å². The third kappa shape index (κ3) is 4.76. The molecule has 0 spiro atoms. The molecule has 4 aromatic rings. The van der Waals surface area contributed by atoms with E-state index in [2.05, 4.69) is 55.6 Å². The second kappa shape index (κ2) is 9.84. The lowest BCUT2D eigenvalue weighted by Gasteiger charge is -2.15. The molecule has 32 heavy (non-hydrogen) atoms. The summed E-state index contributed by atoms with van der Waals surface area (Å²) in [5.74, 6) is -0.886. The number of aromatic nitrogens is 1. The quantitative estimate of drug-likeness (QED) is 0.355. The van der Waals surface area contributed by atoms with Crippen molar-refractivity contribution in [2.24, 2.45) is 0 Å². The van der Waals surface area contributed by atoms with Crippen LogP contribution in [0.4, 0.5) is 0 Å². The van der Waals surface area contributed by atoms with Crippen LogP contribution < -0.4 is 5.32 Å². The van der Waals surface area contributed by atoms with Gasteiger partial charge in [-0.1, -0.05) is 72.8 Å². The fraction of sp³-hybridized carbons (Fsp3) is 0.250. The molecule has 0 bridgehead atoms. The molecule has 3 aromatic carbocycles. The summed E-state index contributed by atoms with van der Waals surface area (Å²) in [6.45, 7) is 5.30. The molecule has 0 amide bonds. The van der Waals surface area contributed by atoms with Gasteiger partial charge in [0, 0.05) is 35.6 Å². The highest BCUT2D eigenvalue weighted by molar-refractivity contribution is 5.98. The zero-order valence-corrected chi connectivity index (χ0v) is 18.7. The Bertz CT molecular complexity index is 1210. The van der Waals surface area contributed by atoms with E-state index >= 15 is 0 Å². The summed E-state index contributed by atoms with van der Waals surface area (Å²) in [4.78, 5) is 12.4. The molecule has 2 N–H and O–H groups in total. The molecule has 1 atom stereocenters. The SMILES string of the molecule is Cc1ccccc1Cn1c(C(=O)O)c(CN[C@H](C)CCc2ccccc2)c2ccccc21. The van der Waals surface area contributed by atoms with Gasteiger partial charge in [0.05, 0.1) is 0 Å². The lowest BCUT2D eigenvalue weighted by molar-refractivity contribution is 0.0684. The van der Waals surface area contributed by atoms with Crippen molar-refractivity contribution >= 4 is 16.9 Å². The molecule has 0 fully saturated rings. The fourth-order valence-corrected chi connectivity index (χ4v) is 4.33. The van der Waals surface area contributed by atoms with Crippen molar-refractivity contribution in [2.75, 3.05) is 0 Å². The van der Waals surface area contributed by atoms with Gasteiger partial charge in [0.25, 0.3) is 0 Å². The van der Waals surface area contributed by atoms with Crippen LogP contribution in [0.2, 0.25) is 0 Å². The Labute approximate surface area is 189 Å². The monoisotopic (exact) mass is 426 g/mol. The van der Waals surface area contributed by atoms with Crippen molar-refractivity contribution in [1.29, 1.82) is 0 Å². The zero-order chi connectivity index (χ0) is 22.5. The van der Waals surface area contributed by atoms with Gasteiger partial charge in [0.2, 0.25) is 0 Å². The number of benzene rings is 3. The first-order valence-corrected chi connectivity index (χ1v) is 11.2. The summed E-state index contributed by atoms with van der Waals surface area (Å²) in [6.07, 6.45) is 1.99. The van der Waals surface area contributed by atoms with Crippen molar-refractivity contribution in [1.82, 2.24) is 9.88 Å². The van der Waals surface area contributed by atoms with Crippen molar-refractivity contribution in [3.8, 4) is 0 Å². The Kier molecular flexibility index (Phi) is 6.72. The predicted octanol–water partition coefficient (Wildman–Crippen LogP) is 5.81. The van der Waals surface area contributed by atoms with Crippen molar-refractivity contribution in [2.45, 2.75) is 45.8 Å². The van der Waals surface area contributed by atoms with E-state index in [-0.39, 0.29) is 6.04 Å². The standard InChI is InChI=1S/C28H30N2O2/c1-20-10-6-7-13-23(20)19-30-26-15-9-8-14-24(26)25(27(30)28(31)32)18-29-21(2)16-17-22-11-4-3-5-12-22/h3-15,21,29H,16-19H2,1-2H3,(H,31,32)/t21-/m1/s1. The smallest absolute Gasteiger partial charge is 0.352 e. The van der Waals surface area contributed by atoms with Crippen LogP contribution in [0.5, 0.6) is 0 Å². The van der Waals surface area contributed by atoms with E-state index in [1.165, 1.54) is 5.56 Å². The zero-order valence-electron chi connectivity index (χ0n) is 18.7. The van der Waals surface area contributed by atoms with Gasteiger partial charge in [0.15, 0.2) is 0 Å². The van der Waals surface area contributed by atoms with E-state index in [4.69, 9.17) is 0 Å². The fourth-order valence-electron chi connectivity index (χ4n) is 4.33. The summed E-state index contributed by atoms with van der Waals surface area (Å²) in [5.41, 5.74) is 5.80. The molecule has 4 heteroatoms. The Morgan fingerprint density at radius 2 is 1.66 bits per heavy atom. The Morgan fingerprint density at radius 3 is 2.41 bits per heavy atom. The molecule has 0 aliphatic heterocycles. The average Bonchev–Trinajstić information content (AvgIpc) is 3.12. The molecule has 0 saturated carbocycles. The van der Waals surface area contributed by atoms with E-state index in [0.717, 1.165) is 40.4 Å². The number of fused-ring (bicyclic) bond motifs is 1. The molecule has 1 aromatic heterocycles. The number of carboxylic acids is 1. The summed E-state index contributed by atoms with van der Waals surface area (Å²) >= 11 is 0. The molecule has 0 unspecified atom stereocenters. The van der Waals surface area contributed by atoms with Gasteiger partial charge in [-0.3, -0.25) is 0 Å². The maximum absolute atomic E-state index is 12.4. The molecular formula is C28H30N2O2. The summed E-state index contributed by atoms with van der Waals surface area (Å²) in [5, 5.41) is 14.7. The Hall–Kier alpha value is -3.37. The van der Waals surface area contributed by atoms with Gasteiger partial charge in [-0.05, 0) is 49.4 Å². The number of para-hydroxylation sites is 1. The van der Waals surface area contributed by atoms with Gasteiger partial charge in [-0.25, -0.2) is 4.79 Å². The minimum atomic E-state index is -0.886. The maximum atomic E-state index is 12.4. The second-order valence-electron chi connectivity index (χ2n) is 8.47. The van der Waals surface area contributed by atoms with Gasteiger partial charge >= 0.3 is 5.97 Å². The predicted molar refractivity (Wildman–Crippen MR) is 130 cm³/mol. The maximum Gasteiger partial charge on any atom is 0.352 e. The first-order valence-electron chi connectivity index (χ1n) is 11.2. The number of hydrogen-bond donors (Lipinski definition) is 2. The van der Waals surface area contributed by atoms with Crippen molar-refractivity contribution in [3.63, 3.8) is 0 Å². The number of aryl methyl sites for hydroxylation is 2. The van der Waals surface area contributed by atoms with E-state index < -0.39 is 5.97 Å². The Balaban J connectivity index is 1.60. The highest BCUT2D eigenvalue weighted by Crippen LogP contribution is 2.28. The molecule has 0 aliphatic rings. The van der Waals surface area contributed by atoms with E-state index in [9.17, 15) is 9.90 Å². The first kappa shape index (κ1) is 21.8. The lowest BCUT2D eigenvalue weighted by atomic mass is 10.1. The van der Waals surface area contributed by atoms with Crippen LogP contribution in [-0.4, -0.2) is 21.7 Å². The topological polar surface area (TPSA) is 54.3 Å². The van der Waals surface area contributed by atoms with Crippen molar-refractivity contribution < 1.29 is 9.90 Å². The highest BCUT2D eigenvalue weighted by atomic mass is 16.4. The number of nitrogens with zero attached hydrogens (tertiary/aromatic N) is 1. The number of hydrogen-bond acceptors (Lipinski definition) is 2. The van der Waals surface area contributed by atoms with Crippen LogP contribution in [0.3, 0.4) is 0 Å². The molecule has 164 valence electrons. The molecule has 4 rings (SSSR count). The number of carbonyl (C=O) groups is 1. The van der Waals surface area contributed by atoms with Crippen LogP contribution in [-0.2, 0) is 19.5 Å². The van der Waals surface area contributed by atoms with Gasteiger partial charge < -0.3 is 15.0 Å². The Morgan fingerprint density at radius 1 is 0.969 bits per heavy atom. The highest BCUT2D eigenvalue weighted by Gasteiger charge is 2.22. The number of nitrogens with one attached hydrogen (secondary N) is 1. The summed E-state index contributed by atoms with van der Waals surface area (Å²) in [7, 11) is 0. The van der Waals surface area contributed by atoms with E-state index in [1.807, 2.05) is 47.0 Å². The van der Waals surface area contributed by atoms with E-state index in [0.29, 0.717) is 18.8 Å². The minimum Gasteiger partial charge on any atom is -0.477 e. The molecular weight excluding hydrogens is 396 g/mol. The normalized spacial score (nSPS) is 12.2. The molecule has 0 aliphatic carbocycles. The van der Waals surface area contributed by atoms with E-state index in [1.54, 1.807) is 0 Å². The molecule has 4 nitrogen and oxygen atoms in total. The van der Waals surface area contributed by atoms with Crippen LogP contribution in [0, 0.1) is 6.92 Å². The van der Waals surface area contributed by atoms with Gasteiger partial charge in [0.1, 0.15) is 5.69 Å². The first-order chi connectivity index (χ1) is 15.5. The van der Waals surface area contributed by atoms with Gasteiger partial charge in [-0.2, -0.15) is 0 Å². The lowest BCUT2D eigenvalue weighted by Crippen LogP contribution is -2.27. The third-order valence-corrected chi connectivity index (χ3v) is 6.20. The molecule has 1 heterocycles. The van der Waals surface area contributed by atoms with Crippen LogP contribution in [0.15, 0.2) is 78.9 Å². The molecule has 0 radical (unpaired) electrons. The largest absolute Gasteiger partial charge is 0.477 e. The number of rotatable bonds is 9.